The minimum atomic E-state index is 0.503. The van der Waals surface area contributed by atoms with Gasteiger partial charge in [0.25, 0.3) is 0 Å². The second kappa shape index (κ2) is 2.31. The molecule has 1 heterocycles. The Morgan fingerprint density at radius 1 is 1.27 bits per heavy atom. The summed E-state index contributed by atoms with van der Waals surface area (Å²) in [4.78, 5) is 0. The number of hydrogen-bond acceptors (Lipinski definition) is 2. The number of fused-ring (bicyclic) bond motifs is 1. The molecule has 2 rings (SSSR count). The molecule has 1 aromatic rings. The molecule has 0 unspecified atom stereocenters. The van der Waals surface area contributed by atoms with Crippen molar-refractivity contribution in [3.05, 3.63) is 41.8 Å². The molecule has 0 saturated carbocycles. The Labute approximate surface area is 65.3 Å². The molecule has 1 aromatic carbocycles. The van der Waals surface area contributed by atoms with Gasteiger partial charge < -0.3 is 10.5 Å². The van der Waals surface area contributed by atoms with Gasteiger partial charge in [0, 0.05) is 0 Å². The van der Waals surface area contributed by atoms with Gasteiger partial charge in [0.15, 0.2) is 5.88 Å². The van der Waals surface area contributed by atoms with E-state index < -0.39 is 0 Å². The van der Waals surface area contributed by atoms with Crippen molar-refractivity contribution in [1.82, 2.24) is 0 Å². The van der Waals surface area contributed by atoms with Crippen LogP contribution < -0.4 is 10.5 Å². The molecule has 0 atom stereocenters. The first-order valence-corrected chi connectivity index (χ1v) is 3.57. The third kappa shape index (κ3) is 1.07. The minimum Gasteiger partial charge on any atom is -0.442 e. The third-order valence-corrected chi connectivity index (χ3v) is 1.72. The Balaban J connectivity index is 2.42. The van der Waals surface area contributed by atoms with Crippen molar-refractivity contribution in [2.45, 2.75) is 6.42 Å². The molecule has 0 saturated heterocycles. The van der Waals surface area contributed by atoms with Crippen LogP contribution in [0.2, 0.25) is 0 Å². The van der Waals surface area contributed by atoms with E-state index in [2.05, 4.69) is 0 Å². The normalized spacial score (nSPS) is 14.7. The Kier molecular flexibility index (Phi) is 1.32. The molecule has 0 amide bonds. The van der Waals surface area contributed by atoms with Gasteiger partial charge >= 0.3 is 0 Å². The Hall–Kier alpha value is -1.44. The van der Waals surface area contributed by atoms with Crippen LogP contribution >= 0.6 is 0 Å². The lowest BCUT2D eigenvalue weighted by Crippen LogP contribution is -2.11. The largest absolute Gasteiger partial charge is 0.442 e. The summed E-state index contributed by atoms with van der Waals surface area (Å²) in [5.74, 6) is 1.39. The first-order chi connectivity index (χ1) is 5.36. The number of nitrogens with two attached hydrogens (primary N) is 1. The van der Waals surface area contributed by atoms with Gasteiger partial charge in [-0.2, -0.15) is 0 Å². The first-order valence-electron chi connectivity index (χ1n) is 3.57. The molecule has 1 aliphatic rings. The highest BCUT2D eigenvalue weighted by Crippen LogP contribution is 2.23. The van der Waals surface area contributed by atoms with Crippen LogP contribution in [0, 0.1) is 0 Å². The number of hydrogen-bond donors (Lipinski definition) is 1. The SMILES string of the molecule is NC1=CCc2ccccc2O1. The van der Waals surface area contributed by atoms with Gasteiger partial charge in [-0.05, 0) is 24.1 Å². The number of ether oxygens (including phenoxy) is 1. The fourth-order valence-corrected chi connectivity index (χ4v) is 1.15. The quantitative estimate of drug-likeness (QED) is 0.602. The summed E-state index contributed by atoms with van der Waals surface area (Å²) >= 11 is 0. The van der Waals surface area contributed by atoms with E-state index in [1.165, 1.54) is 5.56 Å². The van der Waals surface area contributed by atoms with Crippen molar-refractivity contribution in [3.63, 3.8) is 0 Å². The molecule has 11 heavy (non-hydrogen) atoms. The van der Waals surface area contributed by atoms with Crippen LogP contribution in [-0.4, -0.2) is 0 Å². The minimum absolute atomic E-state index is 0.503. The van der Waals surface area contributed by atoms with Crippen LogP contribution in [0.3, 0.4) is 0 Å². The molecular formula is C9H9NO. The Morgan fingerprint density at radius 2 is 2.09 bits per heavy atom. The van der Waals surface area contributed by atoms with Crippen LogP contribution in [0.5, 0.6) is 5.75 Å². The number of benzene rings is 1. The molecule has 0 bridgehead atoms. The fraction of sp³-hybridized carbons (Fsp3) is 0.111. The summed E-state index contributed by atoms with van der Waals surface area (Å²) < 4.78 is 5.27. The van der Waals surface area contributed by atoms with Gasteiger partial charge in [0.05, 0.1) is 0 Å². The molecule has 0 spiro atoms. The van der Waals surface area contributed by atoms with Crippen LogP contribution in [0.15, 0.2) is 36.2 Å². The fourth-order valence-electron chi connectivity index (χ4n) is 1.15. The second-order valence-electron chi connectivity index (χ2n) is 2.52. The average Bonchev–Trinajstić information content (AvgIpc) is 2.04. The zero-order valence-electron chi connectivity index (χ0n) is 6.08. The van der Waals surface area contributed by atoms with Crippen LogP contribution in [-0.2, 0) is 6.42 Å². The highest BCUT2D eigenvalue weighted by atomic mass is 16.5. The highest BCUT2D eigenvalue weighted by molar-refractivity contribution is 5.38. The lowest BCUT2D eigenvalue weighted by atomic mass is 10.1. The summed E-state index contributed by atoms with van der Waals surface area (Å²) in [5, 5.41) is 0. The standard InChI is InChI=1S/C9H9NO/c10-9-6-5-7-3-1-2-4-8(7)11-9/h1-4,6H,5,10H2. The predicted molar refractivity (Wildman–Crippen MR) is 43.0 cm³/mol. The first kappa shape index (κ1) is 6.28. The van der Waals surface area contributed by atoms with Crippen molar-refractivity contribution in [2.75, 3.05) is 0 Å². The molecule has 56 valence electrons. The van der Waals surface area contributed by atoms with E-state index >= 15 is 0 Å². The van der Waals surface area contributed by atoms with Crippen molar-refractivity contribution in [3.8, 4) is 5.75 Å². The van der Waals surface area contributed by atoms with E-state index in [1.807, 2.05) is 30.3 Å². The van der Waals surface area contributed by atoms with E-state index in [-0.39, 0.29) is 0 Å². The van der Waals surface area contributed by atoms with E-state index in [1.54, 1.807) is 0 Å². The van der Waals surface area contributed by atoms with E-state index in [9.17, 15) is 0 Å². The monoisotopic (exact) mass is 147 g/mol. The van der Waals surface area contributed by atoms with Crippen LogP contribution in [0.25, 0.3) is 0 Å². The molecule has 0 aliphatic carbocycles. The summed E-state index contributed by atoms with van der Waals surface area (Å²) in [5.41, 5.74) is 6.68. The lowest BCUT2D eigenvalue weighted by molar-refractivity contribution is 0.404. The Bertz CT molecular complexity index is 304. The van der Waals surface area contributed by atoms with E-state index in [0.717, 1.165) is 12.2 Å². The topological polar surface area (TPSA) is 35.2 Å². The summed E-state index contributed by atoms with van der Waals surface area (Å²) in [6, 6.07) is 7.91. The molecule has 2 nitrogen and oxygen atoms in total. The summed E-state index contributed by atoms with van der Waals surface area (Å²) in [6.45, 7) is 0. The molecule has 2 heteroatoms. The molecule has 0 aromatic heterocycles. The number of para-hydroxylation sites is 1. The zero-order chi connectivity index (χ0) is 7.68. The van der Waals surface area contributed by atoms with Gasteiger partial charge in [-0.15, -0.1) is 0 Å². The second-order valence-corrected chi connectivity index (χ2v) is 2.52. The molecule has 0 fully saturated rings. The van der Waals surface area contributed by atoms with Crippen LogP contribution in [0.1, 0.15) is 5.56 Å². The van der Waals surface area contributed by atoms with Crippen molar-refractivity contribution >= 4 is 0 Å². The van der Waals surface area contributed by atoms with E-state index in [0.29, 0.717) is 5.88 Å². The van der Waals surface area contributed by atoms with Gasteiger partial charge in [-0.1, -0.05) is 18.2 Å². The predicted octanol–water partition coefficient (Wildman–Crippen LogP) is 1.42. The van der Waals surface area contributed by atoms with Crippen molar-refractivity contribution in [1.29, 1.82) is 0 Å². The van der Waals surface area contributed by atoms with Crippen LogP contribution in [0.4, 0.5) is 0 Å². The smallest absolute Gasteiger partial charge is 0.187 e. The molecule has 2 N–H and O–H groups in total. The highest BCUT2D eigenvalue weighted by Gasteiger charge is 2.07. The van der Waals surface area contributed by atoms with Gasteiger partial charge in [-0.3, -0.25) is 0 Å². The average molecular weight is 147 g/mol. The lowest BCUT2D eigenvalue weighted by Gasteiger charge is -2.14. The van der Waals surface area contributed by atoms with Gasteiger partial charge in [0.1, 0.15) is 5.75 Å². The molecule has 0 radical (unpaired) electrons. The van der Waals surface area contributed by atoms with Crippen molar-refractivity contribution < 1.29 is 4.74 Å². The number of allylic oxidation sites excluding steroid dienone is 1. The van der Waals surface area contributed by atoms with Gasteiger partial charge in [0.2, 0.25) is 0 Å². The molecular weight excluding hydrogens is 138 g/mol. The Morgan fingerprint density at radius 3 is 3.00 bits per heavy atom. The van der Waals surface area contributed by atoms with E-state index in [4.69, 9.17) is 10.5 Å². The third-order valence-electron chi connectivity index (χ3n) is 1.72. The maximum absolute atomic E-state index is 5.49. The van der Waals surface area contributed by atoms with Gasteiger partial charge in [-0.25, -0.2) is 0 Å². The molecule has 1 aliphatic heterocycles. The number of rotatable bonds is 0. The zero-order valence-corrected chi connectivity index (χ0v) is 6.08. The van der Waals surface area contributed by atoms with Crippen molar-refractivity contribution in [2.24, 2.45) is 5.73 Å². The maximum atomic E-state index is 5.49. The summed E-state index contributed by atoms with van der Waals surface area (Å²) in [7, 11) is 0. The summed E-state index contributed by atoms with van der Waals surface area (Å²) in [6.07, 6.45) is 2.75. The maximum Gasteiger partial charge on any atom is 0.187 e.